The van der Waals surface area contributed by atoms with Crippen molar-refractivity contribution in [2.24, 2.45) is 0 Å². The summed E-state index contributed by atoms with van der Waals surface area (Å²) in [4.78, 5) is 27.8. The maximum atomic E-state index is 13.4. The van der Waals surface area contributed by atoms with Gasteiger partial charge in [-0.3, -0.25) is 9.59 Å². The van der Waals surface area contributed by atoms with Gasteiger partial charge in [-0.2, -0.15) is 0 Å². The molecule has 0 saturated carbocycles. The molecule has 1 aromatic carbocycles. The predicted octanol–water partition coefficient (Wildman–Crippen LogP) is 2.49. The second-order valence-electron chi connectivity index (χ2n) is 5.15. The van der Waals surface area contributed by atoms with Crippen molar-refractivity contribution in [2.75, 3.05) is 6.54 Å². The molecule has 0 bridgehead atoms. The summed E-state index contributed by atoms with van der Waals surface area (Å²) in [5, 5.41) is 0. The van der Waals surface area contributed by atoms with Gasteiger partial charge in [-0.15, -0.1) is 0 Å². The Hall–Kier alpha value is -2.43. The zero-order valence-electron chi connectivity index (χ0n) is 11.4. The van der Waals surface area contributed by atoms with E-state index < -0.39 is 0 Å². The number of pyridine rings is 1. The van der Waals surface area contributed by atoms with Gasteiger partial charge < -0.3 is 9.88 Å². The Labute approximate surface area is 121 Å². The molecule has 2 heterocycles. The zero-order chi connectivity index (χ0) is 14.8. The maximum Gasteiger partial charge on any atom is 0.255 e. The van der Waals surface area contributed by atoms with E-state index in [0.717, 1.165) is 18.4 Å². The smallest absolute Gasteiger partial charge is 0.255 e. The summed E-state index contributed by atoms with van der Waals surface area (Å²) >= 11 is 0. The van der Waals surface area contributed by atoms with Crippen molar-refractivity contribution in [2.45, 2.75) is 18.9 Å². The van der Waals surface area contributed by atoms with Crippen LogP contribution in [0.3, 0.4) is 0 Å². The van der Waals surface area contributed by atoms with Gasteiger partial charge in [0.05, 0.1) is 11.6 Å². The number of aromatic nitrogens is 1. The van der Waals surface area contributed by atoms with E-state index in [2.05, 4.69) is 4.98 Å². The molecule has 2 aromatic rings. The van der Waals surface area contributed by atoms with E-state index in [0.29, 0.717) is 12.1 Å². The summed E-state index contributed by atoms with van der Waals surface area (Å²) in [5.74, 6) is -0.436. The molecule has 4 nitrogen and oxygen atoms in total. The van der Waals surface area contributed by atoms with E-state index in [1.165, 1.54) is 30.5 Å². The number of nitrogens with one attached hydrogen (secondary N) is 1. The first-order valence-electron chi connectivity index (χ1n) is 6.90. The van der Waals surface area contributed by atoms with Crippen LogP contribution in [0.15, 0.2) is 47.4 Å². The third kappa shape index (κ3) is 2.72. The van der Waals surface area contributed by atoms with Gasteiger partial charge in [-0.1, -0.05) is 12.1 Å². The topological polar surface area (TPSA) is 53.2 Å². The normalized spacial score (nSPS) is 18.0. The average Bonchev–Trinajstić information content (AvgIpc) is 2.97. The van der Waals surface area contributed by atoms with E-state index >= 15 is 0 Å². The molecule has 21 heavy (non-hydrogen) atoms. The summed E-state index contributed by atoms with van der Waals surface area (Å²) in [6, 6.07) is 9.11. The van der Waals surface area contributed by atoms with Crippen LogP contribution in [0.25, 0.3) is 0 Å². The third-order valence-electron chi connectivity index (χ3n) is 3.78. The van der Waals surface area contributed by atoms with Gasteiger partial charge in [0.25, 0.3) is 5.91 Å². The molecule has 1 fully saturated rings. The summed E-state index contributed by atoms with van der Waals surface area (Å²) in [7, 11) is 0. The molecule has 0 radical (unpaired) electrons. The highest BCUT2D eigenvalue weighted by molar-refractivity contribution is 5.94. The second-order valence-corrected chi connectivity index (χ2v) is 5.15. The number of carbonyl (C=O) groups is 1. The Morgan fingerprint density at radius 2 is 2.14 bits per heavy atom. The summed E-state index contributed by atoms with van der Waals surface area (Å²) in [5.41, 5.74) is 1.01. The highest BCUT2D eigenvalue weighted by Crippen LogP contribution is 2.33. The minimum atomic E-state index is -0.296. The van der Waals surface area contributed by atoms with Gasteiger partial charge in [0.15, 0.2) is 0 Å². The summed E-state index contributed by atoms with van der Waals surface area (Å²) in [6.07, 6.45) is 3.13. The minimum absolute atomic E-state index is 0.111. The van der Waals surface area contributed by atoms with Gasteiger partial charge >= 0.3 is 0 Å². The van der Waals surface area contributed by atoms with Crippen LogP contribution < -0.4 is 5.56 Å². The Morgan fingerprint density at radius 1 is 1.29 bits per heavy atom. The number of benzene rings is 1. The lowest BCUT2D eigenvalue weighted by atomic mass is 10.0. The predicted molar refractivity (Wildman–Crippen MR) is 76.5 cm³/mol. The molecule has 5 heteroatoms. The summed E-state index contributed by atoms with van der Waals surface area (Å²) < 4.78 is 13.4. The Kier molecular flexibility index (Phi) is 3.56. The molecule has 1 amide bonds. The first-order chi connectivity index (χ1) is 10.1. The minimum Gasteiger partial charge on any atom is -0.332 e. The Bertz CT molecular complexity index is 706. The number of halogens is 1. The monoisotopic (exact) mass is 286 g/mol. The van der Waals surface area contributed by atoms with Crippen LogP contribution >= 0.6 is 0 Å². The molecule has 1 saturated heterocycles. The van der Waals surface area contributed by atoms with Crippen LogP contribution in [0.5, 0.6) is 0 Å². The van der Waals surface area contributed by atoms with Crippen molar-refractivity contribution in [3.8, 4) is 0 Å². The van der Waals surface area contributed by atoms with Crippen molar-refractivity contribution in [1.82, 2.24) is 9.88 Å². The van der Waals surface area contributed by atoms with Gasteiger partial charge in [-0.25, -0.2) is 4.39 Å². The van der Waals surface area contributed by atoms with Gasteiger partial charge in [0.2, 0.25) is 5.56 Å². The number of likely N-dealkylation sites (tertiary alicyclic amines) is 1. The number of hydrogen-bond donors (Lipinski definition) is 1. The molecular formula is C16H15FN2O2. The van der Waals surface area contributed by atoms with Crippen LogP contribution in [-0.4, -0.2) is 22.3 Å². The molecule has 3 rings (SSSR count). The van der Waals surface area contributed by atoms with Crippen molar-refractivity contribution in [3.63, 3.8) is 0 Å². The number of hydrogen-bond acceptors (Lipinski definition) is 2. The molecule has 108 valence electrons. The highest BCUT2D eigenvalue weighted by atomic mass is 19.1. The molecule has 1 unspecified atom stereocenters. The van der Waals surface area contributed by atoms with Crippen molar-refractivity contribution in [3.05, 3.63) is 69.9 Å². The van der Waals surface area contributed by atoms with Crippen LogP contribution in [0, 0.1) is 5.82 Å². The largest absolute Gasteiger partial charge is 0.332 e. The third-order valence-corrected chi connectivity index (χ3v) is 3.78. The Balaban J connectivity index is 1.88. The van der Waals surface area contributed by atoms with Crippen LogP contribution in [-0.2, 0) is 0 Å². The van der Waals surface area contributed by atoms with Crippen molar-refractivity contribution < 1.29 is 9.18 Å². The molecule has 0 spiro atoms. The van der Waals surface area contributed by atoms with Crippen molar-refractivity contribution >= 4 is 5.91 Å². The molecule has 1 aliphatic heterocycles. The van der Waals surface area contributed by atoms with Crippen molar-refractivity contribution in [1.29, 1.82) is 0 Å². The number of aromatic amines is 1. The molecule has 0 aliphatic carbocycles. The second kappa shape index (κ2) is 5.52. The highest BCUT2D eigenvalue weighted by Gasteiger charge is 2.30. The van der Waals surface area contributed by atoms with Crippen LogP contribution in [0.2, 0.25) is 0 Å². The van der Waals surface area contributed by atoms with E-state index in [1.807, 2.05) is 6.07 Å². The van der Waals surface area contributed by atoms with Gasteiger partial charge in [0.1, 0.15) is 5.82 Å². The number of nitrogens with zero attached hydrogens (tertiary/aromatic N) is 1. The van der Waals surface area contributed by atoms with E-state index in [9.17, 15) is 14.0 Å². The fraction of sp³-hybridized carbons (Fsp3) is 0.250. The molecule has 1 aliphatic rings. The number of rotatable bonds is 2. The van der Waals surface area contributed by atoms with Crippen LogP contribution in [0.1, 0.15) is 34.8 Å². The van der Waals surface area contributed by atoms with Crippen LogP contribution in [0.4, 0.5) is 4.39 Å². The SMILES string of the molecule is O=C(c1ccc(=O)[nH]c1)N1CCCC1c1cccc(F)c1. The fourth-order valence-electron chi connectivity index (χ4n) is 2.78. The average molecular weight is 286 g/mol. The molecule has 1 atom stereocenters. The zero-order valence-corrected chi connectivity index (χ0v) is 11.4. The molecular weight excluding hydrogens is 271 g/mol. The summed E-state index contributed by atoms with van der Waals surface area (Å²) in [6.45, 7) is 0.638. The lowest BCUT2D eigenvalue weighted by Crippen LogP contribution is -2.31. The number of H-pyrrole nitrogens is 1. The van der Waals surface area contributed by atoms with E-state index in [1.54, 1.807) is 11.0 Å². The van der Waals surface area contributed by atoms with E-state index in [-0.39, 0.29) is 23.3 Å². The molecule has 1 N–H and O–H groups in total. The van der Waals surface area contributed by atoms with E-state index in [4.69, 9.17) is 0 Å². The quantitative estimate of drug-likeness (QED) is 0.922. The first-order valence-corrected chi connectivity index (χ1v) is 6.90. The lowest BCUT2D eigenvalue weighted by molar-refractivity contribution is 0.0735. The van der Waals surface area contributed by atoms with Gasteiger partial charge in [0, 0.05) is 18.8 Å². The number of amides is 1. The first kappa shape index (κ1) is 13.5. The molecule has 1 aromatic heterocycles. The van der Waals surface area contributed by atoms with Gasteiger partial charge in [-0.05, 0) is 36.6 Å². The fourth-order valence-corrected chi connectivity index (χ4v) is 2.78. The number of carbonyl (C=O) groups excluding carboxylic acids is 1. The lowest BCUT2D eigenvalue weighted by Gasteiger charge is -2.25. The standard InChI is InChI=1S/C16H15FN2O2/c17-13-4-1-3-11(9-13)14-5-2-8-19(14)16(21)12-6-7-15(20)18-10-12/h1,3-4,6-7,9-10,14H,2,5,8H2,(H,18,20). The maximum absolute atomic E-state index is 13.4. The Morgan fingerprint density at radius 3 is 2.86 bits per heavy atom.